The quantitative estimate of drug-likeness (QED) is 0.811. The Morgan fingerprint density at radius 2 is 1.93 bits per heavy atom. The maximum atomic E-state index is 11.7. The SMILES string of the molecule is CNC(=O)C1(c2ccc(OC)cc2)CC1. The number of likely N-dealkylation sites (N-methyl/N-ethyl adjacent to an activating group) is 1. The van der Waals surface area contributed by atoms with Crippen LogP contribution < -0.4 is 10.1 Å². The minimum Gasteiger partial charge on any atom is -0.497 e. The number of benzene rings is 1. The van der Waals surface area contributed by atoms with Gasteiger partial charge in [0, 0.05) is 7.05 Å². The molecule has 3 heteroatoms. The Labute approximate surface area is 89.4 Å². The molecule has 0 heterocycles. The molecule has 80 valence electrons. The van der Waals surface area contributed by atoms with Crippen LogP contribution in [0.4, 0.5) is 0 Å². The molecule has 0 atom stereocenters. The van der Waals surface area contributed by atoms with Crippen molar-refractivity contribution in [3.05, 3.63) is 29.8 Å². The van der Waals surface area contributed by atoms with Gasteiger partial charge in [-0.25, -0.2) is 0 Å². The minimum absolute atomic E-state index is 0.118. The van der Waals surface area contributed by atoms with Crippen molar-refractivity contribution in [3.63, 3.8) is 0 Å². The molecule has 0 aliphatic heterocycles. The van der Waals surface area contributed by atoms with E-state index in [9.17, 15) is 4.79 Å². The lowest BCUT2D eigenvalue weighted by Crippen LogP contribution is -2.31. The number of rotatable bonds is 3. The second-order valence-corrected chi connectivity index (χ2v) is 3.89. The predicted molar refractivity (Wildman–Crippen MR) is 58.0 cm³/mol. The summed E-state index contributed by atoms with van der Waals surface area (Å²) < 4.78 is 5.09. The Morgan fingerprint density at radius 3 is 2.33 bits per heavy atom. The van der Waals surface area contributed by atoms with E-state index >= 15 is 0 Å². The topological polar surface area (TPSA) is 38.3 Å². The average molecular weight is 205 g/mol. The minimum atomic E-state index is -0.263. The van der Waals surface area contributed by atoms with Gasteiger partial charge >= 0.3 is 0 Å². The third-order valence-electron chi connectivity index (χ3n) is 3.05. The molecule has 1 N–H and O–H groups in total. The molecule has 1 saturated carbocycles. The van der Waals surface area contributed by atoms with Crippen LogP contribution in [0.2, 0.25) is 0 Å². The Kier molecular flexibility index (Phi) is 2.39. The first kappa shape index (κ1) is 10.0. The van der Waals surface area contributed by atoms with E-state index in [4.69, 9.17) is 4.74 Å². The van der Waals surface area contributed by atoms with Gasteiger partial charge in [-0.05, 0) is 30.5 Å². The highest BCUT2D eigenvalue weighted by molar-refractivity contribution is 5.91. The van der Waals surface area contributed by atoms with E-state index in [1.807, 2.05) is 24.3 Å². The standard InChI is InChI=1S/C12H15NO2/c1-13-11(14)12(7-8-12)9-3-5-10(15-2)6-4-9/h3-6H,7-8H2,1-2H3,(H,13,14). The first-order valence-corrected chi connectivity index (χ1v) is 5.09. The van der Waals surface area contributed by atoms with Crippen molar-refractivity contribution in [1.29, 1.82) is 0 Å². The first-order valence-electron chi connectivity index (χ1n) is 5.09. The van der Waals surface area contributed by atoms with E-state index in [1.165, 1.54) is 0 Å². The molecule has 0 spiro atoms. The maximum absolute atomic E-state index is 11.7. The van der Waals surface area contributed by atoms with Crippen molar-refractivity contribution in [2.45, 2.75) is 18.3 Å². The van der Waals surface area contributed by atoms with Crippen LogP contribution in [-0.2, 0) is 10.2 Å². The zero-order valence-corrected chi connectivity index (χ0v) is 9.04. The maximum Gasteiger partial charge on any atom is 0.230 e. The molecule has 1 amide bonds. The monoisotopic (exact) mass is 205 g/mol. The number of methoxy groups -OCH3 is 1. The van der Waals surface area contributed by atoms with Gasteiger partial charge in [0.25, 0.3) is 0 Å². The van der Waals surface area contributed by atoms with Gasteiger partial charge in [-0.3, -0.25) is 4.79 Å². The van der Waals surface area contributed by atoms with E-state index < -0.39 is 0 Å². The summed E-state index contributed by atoms with van der Waals surface area (Å²) in [5, 5.41) is 2.72. The van der Waals surface area contributed by atoms with Gasteiger partial charge < -0.3 is 10.1 Å². The number of ether oxygens (including phenoxy) is 1. The lowest BCUT2D eigenvalue weighted by Gasteiger charge is -2.14. The summed E-state index contributed by atoms with van der Waals surface area (Å²) >= 11 is 0. The van der Waals surface area contributed by atoms with Gasteiger partial charge in [0.1, 0.15) is 5.75 Å². The smallest absolute Gasteiger partial charge is 0.230 e. The van der Waals surface area contributed by atoms with Crippen LogP contribution in [0.1, 0.15) is 18.4 Å². The van der Waals surface area contributed by atoms with Crippen LogP contribution in [0, 0.1) is 0 Å². The zero-order valence-electron chi connectivity index (χ0n) is 9.04. The molecule has 0 radical (unpaired) electrons. The van der Waals surface area contributed by atoms with E-state index in [0.29, 0.717) is 0 Å². The number of carbonyl (C=O) groups excluding carboxylic acids is 1. The molecule has 1 aromatic rings. The van der Waals surface area contributed by atoms with Crippen molar-refractivity contribution < 1.29 is 9.53 Å². The third-order valence-corrected chi connectivity index (χ3v) is 3.05. The largest absolute Gasteiger partial charge is 0.497 e. The molecule has 15 heavy (non-hydrogen) atoms. The molecule has 1 aliphatic carbocycles. The zero-order chi connectivity index (χ0) is 10.9. The summed E-state index contributed by atoms with van der Waals surface area (Å²) in [5.74, 6) is 0.944. The van der Waals surface area contributed by atoms with E-state index in [0.717, 1.165) is 24.2 Å². The molecule has 1 fully saturated rings. The molecule has 0 saturated heterocycles. The first-order chi connectivity index (χ1) is 7.23. The van der Waals surface area contributed by atoms with Gasteiger partial charge in [0.2, 0.25) is 5.91 Å². The predicted octanol–water partition coefficient (Wildman–Crippen LogP) is 1.47. The Hall–Kier alpha value is -1.51. The number of amides is 1. The van der Waals surface area contributed by atoms with Crippen molar-refractivity contribution >= 4 is 5.91 Å². The Morgan fingerprint density at radius 1 is 1.33 bits per heavy atom. The molecule has 3 nitrogen and oxygen atoms in total. The van der Waals surface area contributed by atoms with Gasteiger partial charge in [-0.1, -0.05) is 12.1 Å². The normalized spacial score (nSPS) is 16.9. The average Bonchev–Trinajstić information content (AvgIpc) is 3.09. The van der Waals surface area contributed by atoms with Crippen molar-refractivity contribution in [2.24, 2.45) is 0 Å². The summed E-state index contributed by atoms with van der Waals surface area (Å²) in [6.45, 7) is 0. The van der Waals surface area contributed by atoms with Crippen LogP contribution in [0.3, 0.4) is 0 Å². The molecule has 0 bridgehead atoms. The second kappa shape index (κ2) is 3.57. The molecule has 1 aliphatic rings. The van der Waals surface area contributed by atoms with E-state index in [2.05, 4.69) is 5.32 Å². The fourth-order valence-electron chi connectivity index (χ4n) is 1.92. The van der Waals surface area contributed by atoms with Crippen molar-refractivity contribution in [3.8, 4) is 5.75 Å². The highest BCUT2D eigenvalue weighted by atomic mass is 16.5. The number of hydrogen-bond acceptors (Lipinski definition) is 2. The van der Waals surface area contributed by atoms with Crippen molar-refractivity contribution in [2.75, 3.05) is 14.2 Å². The second-order valence-electron chi connectivity index (χ2n) is 3.89. The Balaban J connectivity index is 2.26. The summed E-state index contributed by atoms with van der Waals surface area (Å²) in [5.41, 5.74) is 0.823. The molecule has 0 unspecified atom stereocenters. The molecule has 0 aromatic heterocycles. The van der Waals surface area contributed by atoms with E-state index in [1.54, 1.807) is 14.2 Å². The van der Waals surface area contributed by atoms with Crippen molar-refractivity contribution in [1.82, 2.24) is 5.32 Å². The lowest BCUT2D eigenvalue weighted by atomic mass is 9.95. The van der Waals surface area contributed by atoms with Crippen LogP contribution in [0.15, 0.2) is 24.3 Å². The summed E-state index contributed by atoms with van der Waals surface area (Å²) in [6, 6.07) is 7.75. The fourth-order valence-corrected chi connectivity index (χ4v) is 1.92. The highest BCUT2D eigenvalue weighted by Gasteiger charge is 2.50. The third kappa shape index (κ3) is 1.58. The number of hydrogen-bond donors (Lipinski definition) is 1. The van der Waals surface area contributed by atoms with E-state index in [-0.39, 0.29) is 11.3 Å². The highest BCUT2D eigenvalue weighted by Crippen LogP contribution is 2.48. The van der Waals surface area contributed by atoms with Crippen LogP contribution in [-0.4, -0.2) is 20.1 Å². The van der Waals surface area contributed by atoms with Crippen LogP contribution in [0.25, 0.3) is 0 Å². The van der Waals surface area contributed by atoms with Crippen LogP contribution >= 0.6 is 0 Å². The van der Waals surface area contributed by atoms with Gasteiger partial charge in [-0.15, -0.1) is 0 Å². The molecule has 2 rings (SSSR count). The van der Waals surface area contributed by atoms with Gasteiger partial charge in [0.05, 0.1) is 12.5 Å². The number of carbonyl (C=O) groups is 1. The lowest BCUT2D eigenvalue weighted by molar-refractivity contribution is -0.123. The molecular formula is C12H15NO2. The van der Waals surface area contributed by atoms with Crippen LogP contribution in [0.5, 0.6) is 5.75 Å². The molecular weight excluding hydrogens is 190 g/mol. The number of nitrogens with one attached hydrogen (secondary N) is 1. The van der Waals surface area contributed by atoms with Gasteiger partial charge in [0.15, 0.2) is 0 Å². The summed E-state index contributed by atoms with van der Waals surface area (Å²) in [7, 11) is 3.33. The summed E-state index contributed by atoms with van der Waals surface area (Å²) in [6.07, 6.45) is 1.89. The Bertz CT molecular complexity index is 366. The summed E-state index contributed by atoms with van der Waals surface area (Å²) in [4.78, 5) is 11.7. The van der Waals surface area contributed by atoms with Gasteiger partial charge in [-0.2, -0.15) is 0 Å². The molecule has 1 aromatic carbocycles. The fraction of sp³-hybridized carbons (Fsp3) is 0.417.